The summed E-state index contributed by atoms with van der Waals surface area (Å²) in [6, 6.07) is 10.7. The number of ether oxygens (including phenoxy) is 1. The highest BCUT2D eigenvalue weighted by atomic mass is 32.2. The first-order valence-corrected chi connectivity index (χ1v) is 14.2. The van der Waals surface area contributed by atoms with Crippen LogP contribution < -0.4 is 15.5 Å². The molecule has 206 valence electrons. The number of morpholine rings is 1. The van der Waals surface area contributed by atoms with E-state index in [9.17, 15) is 22.0 Å². The van der Waals surface area contributed by atoms with E-state index >= 15 is 0 Å². The van der Waals surface area contributed by atoms with Crippen molar-refractivity contribution >= 4 is 27.4 Å². The second kappa shape index (κ2) is 10.5. The fourth-order valence-corrected chi connectivity index (χ4v) is 6.73. The second-order valence-corrected chi connectivity index (χ2v) is 11.9. The van der Waals surface area contributed by atoms with Crippen molar-refractivity contribution in [3.05, 3.63) is 65.9 Å². The molecule has 9 nitrogen and oxygen atoms in total. The van der Waals surface area contributed by atoms with Gasteiger partial charge >= 0.3 is 6.03 Å². The van der Waals surface area contributed by atoms with Gasteiger partial charge in [-0.3, -0.25) is 0 Å². The average molecular weight is 558 g/mol. The summed E-state index contributed by atoms with van der Waals surface area (Å²) in [5.74, 6) is -1.15. The number of hydrogen-bond donors (Lipinski definition) is 2. The van der Waals surface area contributed by atoms with Crippen LogP contribution in [0.4, 0.5) is 25.1 Å². The van der Waals surface area contributed by atoms with Gasteiger partial charge in [0.2, 0.25) is 0 Å². The van der Waals surface area contributed by atoms with Crippen molar-refractivity contribution in [3.8, 4) is 11.4 Å². The van der Waals surface area contributed by atoms with Crippen molar-refractivity contribution in [1.82, 2.24) is 15.3 Å². The summed E-state index contributed by atoms with van der Waals surface area (Å²) >= 11 is 0. The second-order valence-electron chi connectivity index (χ2n) is 9.69. The SMILES string of the molecule is CCNC(=O)Nc1ccc(-c2nc(N3CCOC[C@@H]3C)cc(C3(S(=O)(=O)c4ccc(F)cc4F)CC3)n2)cc1. The van der Waals surface area contributed by atoms with Gasteiger partial charge in [-0.2, -0.15) is 0 Å². The first kappa shape index (κ1) is 26.9. The minimum Gasteiger partial charge on any atom is -0.377 e. The molecule has 1 saturated carbocycles. The monoisotopic (exact) mass is 557 g/mol. The zero-order valence-corrected chi connectivity index (χ0v) is 22.4. The zero-order valence-electron chi connectivity index (χ0n) is 21.6. The summed E-state index contributed by atoms with van der Waals surface area (Å²) in [5, 5.41) is 5.39. The molecule has 2 N–H and O–H groups in total. The van der Waals surface area contributed by atoms with Crippen LogP contribution in [0.15, 0.2) is 53.4 Å². The number of amides is 2. The van der Waals surface area contributed by atoms with E-state index in [0.29, 0.717) is 55.3 Å². The van der Waals surface area contributed by atoms with Crippen molar-refractivity contribution in [2.45, 2.75) is 42.4 Å². The molecule has 1 aliphatic carbocycles. The minimum absolute atomic E-state index is 0.0145. The lowest BCUT2D eigenvalue weighted by atomic mass is 10.1. The van der Waals surface area contributed by atoms with Crippen molar-refractivity contribution in [2.75, 3.05) is 36.5 Å². The van der Waals surface area contributed by atoms with E-state index in [1.54, 1.807) is 30.3 Å². The van der Waals surface area contributed by atoms with Gasteiger partial charge in [0.25, 0.3) is 0 Å². The maximum Gasteiger partial charge on any atom is 0.319 e. The Morgan fingerprint density at radius 2 is 1.87 bits per heavy atom. The normalized spacial score (nSPS) is 18.5. The van der Waals surface area contributed by atoms with Crippen LogP contribution in [0, 0.1) is 11.6 Å². The summed E-state index contributed by atoms with van der Waals surface area (Å²) in [4.78, 5) is 22.8. The summed E-state index contributed by atoms with van der Waals surface area (Å²) in [7, 11) is -4.24. The fourth-order valence-electron chi connectivity index (χ4n) is 4.73. The van der Waals surface area contributed by atoms with E-state index < -0.39 is 31.1 Å². The number of rotatable bonds is 7. The molecule has 1 atom stereocenters. The Morgan fingerprint density at radius 1 is 1.13 bits per heavy atom. The number of sulfone groups is 1. The van der Waals surface area contributed by atoms with Crippen LogP contribution in [0.5, 0.6) is 0 Å². The lowest BCUT2D eigenvalue weighted by Crippen LogP contribution is -2.44. The Morgan fingerprint density at radius 3 is 2.51 bits per heavy atom. The average Bonchev–Trinajstić information content (AvgIpc) is 3.72. The van der Waals surface area contributed by atoms with Crippen molar-refractivity contribution in [2.24, 2.45) is 0 Å². The van der Waals surface area contributed by atoms with Crippen molar-refractivity contribution < 1.29 is 26.7 Å². The minimum atomic E-state index is -4.24. The predicted molar refractivity (Wildman–Crippen MR) is 142 cm³/mol. The number of nitrogens with one attached hydrogen (secondary N) is 2. The topological polar surface area (TPSA) is 114 Å². The molecule has 39 heavy (non-hydrogen) atoms. The van der Waals surface area contributed by atoms with E-state index in [1.807, 2.05) is 18.7 Å². The largest absolute Gasteiger partial charge is 0.377 e. The molecule has 2 fully saturated rings. The molecule has 1 saturated heterocycles. The Bertz CT molecular complexity index is 1500. The van der Waals surface area contributed by atoms with Crippen LogP contribution in [0.25, 0.3) is 11.4 Å². The highest BCUT2D eigenvalue weighted by molar-refractivity contribution is 7.92. The number of hydrogen-bond acceptors (Lipinski definition) is 7. The number of halogens is 2. The Balaban J connectivity index is 1.58. The van der Waals surface area contributed by atoms with Gasteiger partial charge in [0.1, 0.15) is 27.1 Å². The molecule has 2 aliphatic rings. The molecule has 3 aromatic rings. The maximum absolute atomic E-state index is 14.7. The number of nitrogens with zero attached hydrogens (tertiary/aromatic N) is 3. The summed E-state index contributed by atoms with van der Waals surface area (Å²) < 4.78 is 59.8. The van der Waals surface area contributed by atoms with Crippen LogP contribution in [0.3, 0.4) is 0 Å². The zero-order chi connectivity index (χ0) is 27.8. The van der Waals surface area contributed by atoms with Crippen molar-refractivity contribution in [1.29, 1.82) is 0 Å². The van der Waals surface area contributed by atoms with Crippen LogP contribution >= 0.6 is 0 Å². The van der Waals surface area contributed by atoms with Gasteiger partial charge in [0.05, 0.1) is 24.9 Å². The number of carbonyl (C=O) groups excluding carboxylic acids is 1. The Labute approximate surface area is 225 Å². The van der Waals surface area contributed by atoms with E-state index in [-0.39, 0.29) is 30.6 Å². The smallest absolute Gasteiger partial charge is 0.319 e. The highest BCUT2D eigenvalue weighted by Gasteiger charge is 2.58. The van der Waals surface area contributed by atoms with Crippen molar-refractivity contribution in [3.63, 3.8) is 0 Å². The quantitative estimate of drug-likeness (QED) is 0.418. The fraction of sp³-hybridized carbons (Fsp3) is 0.370. The van der Waals surface area contributed by atoms with Gasteiger partial charge < -0.3 is 20.3 Å². The Kier molecular flexibility index (Phi) is 7.25. The molecule has 0 unspecified atom stereocenters. The third-order valence-corrected chi connectivity index (χ3v) is 9.54. The lowest BCUT2D eigenvalue weighted by molar-refractivity contribution is 0.0985. The van der Waals surface area contributed by atoms with Gasteiger partial charge in [-0.05, 0) is 63.1 Å². The highest BCUT2D eigenvalue weighted by Crippen LogP contribution is 2.55. The molecule has 12 heteroatoms. The molecular weight excluding hydrogens is 528 g/mol. The van der Waals surface area contributed by atoms with Crippen LogP contribution in [-0.4, -0.2) is 56.8 Å². The molecule has 2 amide bonds. The summed E-state index contributed by atoms with van der Waals surface area (Å²) in [5.41, 5.74) is 1.44. The van der Waals surface area contributed by atoms with Gasteiger partial charge in [0, 0.05) is 36.5 Å². The molecule has 1 aliphatic heterocycles. The van der Waals surface area contributed by atoms with Crippen LogP contribution in [-0.2, 0) is 19.3 Å². The molecule has 2 aromatic carbocycles. The Hall–Kier alpha value is -3.64. The summed E-state index contributed by atoms with van der Waals surface area (Å²) in [6.07, 6.45) is 0.492. The van der Waals surface area contributed by atoms with Crippen LogP contribution in [0.2, 0.25) is 0 Å². The van der Waals surface area contributed by atoms with E-state index in [1.165, 1.54) is 0 Å². The first-order valence-electron chi connectivity index (χ1n) is 12.7. The number of urea groups is 1. The third kappa shape index (κ3) is 5.18. The number of benzene rings is 2. The maximum atomic E-state index is 14.7. The van der Waals surface area contributed by atoms with E-state index in [4.69, 9.17) is 9.72 Å². The van der Waals surface area contributed by atoms with Gasteiger partial charge in [-0.25, -0.2) is 32.0 Å². The van der Waals surface area contributed by atoms with E-state index in [0.717, 1.165) is 12.1 Å². The predicted octanol–water partition coefficient (Wildman–Crippen LogP) is 4.25. The van der Waals surface area contributed by atoms with Crippen LogP contribution in [0.1, 0.15) is 32.4 Å². The van der Waals surface area contributed by atoms with Gasteiger partial charge in [0.15, 0.2) is 15.7 Å². The van der Waals surface area contributed by atoms with Gasteiger partial charge in [-0.15, -0.1) is 0 Å². The lowest BCUT2D eigenvalue weighted by Gasteiger charge is -2.34. The first-order chi connectivity index (χ1) is 18.6. The molecule has 2 heterocycles. The third-order valence-electron chi connectivity index (χ3n) is 6.98. The molecule has 1 aromatic heterocycles. The van der Waals surface area contributed by atoms with Gasteiger partial charge in [-0.1, -0.05) is 0 Å². The van der Waals surface area contributed by atoms with E-state index in [2.05, 4.69) is 15.6 Å². The molecule has 5 rings (SSSR count). The molecule has 0 bridgehead atoms. The standard InChI is InChI=1S/C27H29F2N5O4S/c1-3-30-26(35)31-20-7-4-18(5-8-20)25-32-23(15-24(33-25)34-12-13-38-16-17(34)2)27(10-11-27)39(36,37)22-9-6-19(28)14-21(22)29/h4-9,14-15,17H,3,10-13,16H2,1-2H3,(H2,30,31,35)/t17-/m0/s1. The summed E-state index contributed by atoms with van der Waals surface area (Å²) in [6.45, 7) is 5.82. The molecular formula is C27H29F2N5O4S. The molecule has 0 radical (unpaired) electrons. The number of aromatic nitrogens is 2. The molecule has 0 spiro atoms. The number of anilines is 2. The number of carbonyl (C=O) groups is 1.